The van der Waals surface area contributed by atoms with E-state index in [4.69, 9.17) is 15.2 Å². The van der Waals surface area contributed by atoms with Crippen LogP contribution in [-0.4, -0.2) is 34.3 Å². The SMILES string of the molecule is CC(C)(C)OC(=O)CCC(C(N)=O)N1Cc2c(OCc3ccc(F)c(F)c3)cccc2C1=O. The van der Waals surface area contributed by atoms with Crippen LogP contribution in [0.3, 0.4) is 0 Å². The quantitative estimate of drug-likeness (QED) is 0.608. The van der Waals surface area contributed by atoms with Gasteiger partial charge in [0.2, 0.25) is 5.91 Å². The second-order valence-corrected chi connectivity index (χ2v) is 8.80. The molecule has 2 amide bonds. The van der Waals surface area contributed by atoms with Crippen molar-refractivity contribution in [3.63, 3.8) is 0 Å². The molecule has 33 heavy (non-hydrogen) atoms. The highest BCUT2D eigenvalue weighted by molar-refractivity contribution is 6.01. The van der Waals surface area contributed by atoms with E-state index in [9.17, 15) is 23.2 Å². The van der Waals surface area contributed by atoms with Crippen molar-refractivity contribution in [1.82, 2.24) is 4.90 Å². The maximum absolute atomic E-state index is 13.5. The molecule has 2 aromatic carbocycles. The van der Waals surface area contributed by atoms with Crippen LogP contribution >= 0.6 is 0 Å². The summed E-state index contributed by atoms with van der Waals surface area (Å²) in [4.78, 5) is 38.5. The van der Waals surface area contributed by atoms with Gasteiger partial charge < -0.3 is 20.1 Å². The Hall–Kier alpha value is -3.49. The zero-order valence-electron chi connectivity index (χ0n) is 18.7. The van der Waals surface area contributed by atoms with Gasteiger partial charge in [-0.05, 0) is 57.0 Å². The first kappa shape index (κ1) is 24.2. The molecule has 0 bridgehead atoms. The molecule has 0 saturated carbocycles. The van der Waals surface area contributed by atoms with E-state index in [1.807, 2.05) is 0 Å². The van der Waals surface area contributed by atoms with Crippen LogP contribution in [0.15, 0.2) is 36.4 Å². The number of carbonyl (C=O) groups excluding carboxylic acids is 3. The topological polar surface area (TPSA) is 98.9 Å². The summed E-state index contributed by atoms with van der Waals surface area (Å²) in [5.74, 6) is -3.19. The van der Waals surface area contributed by atoms with Crippen molar-refractivity contribution in [3.8, 4) is 5.75 Å². The number of nitrogens with zero attached hydrogens (tertiary/aromatic N) is 1. The third kappa shape index (κ3) is 5.85. The van der Waals surface area contributed by atoms with E-state index >= 15 is 0 Å². The van der Waals surface area contributed by atoms with Crippen LogP contribution in [-0.2, 0) is 27.5 Å². The summed E-state index contributed by atoms with van der Waals surface area (Å²) in [5.41, 5.74) is 6.19. The Balaban J connectivity index is 1.73. The van der Waals surface area contributed by atoms with Gasteiger partial charge in [0.1, 0.15) is 24.0 Å². The minimum Gasteiger partial charge on any atom is -0.489 e. The van der Waals surface area contributed by atoms with Gasteiger partial charge in [-0.2, -0.15) is 0 Å². The maximum Gasteiger partial charge on any atom is 0.306 e. The lowest BCUT2D eigenvalue weighted by molar-refractivity contribution is -0.155. The number of rotatable bonds is 8. The minimum atomic E-state index is -1.00. The lowest BCUT2D eigenvalue weighted by Gasteiger charge is -2.26. The summed E-state index contributed by atoms with van der Waals surface area (Å²) in [6, 6.07) is 7.33. The van der Waals surface area contributed by atoms with Gasteiger partial charge in [0.05, 0.1) is 6.54 Å². The van der Waals surface area contributed by atoms with E-state index in [1.54, 1.807) is 39.0 Å². The Morgan fingerprint density at radius 2 is 1.88 bits per heavy atom. The number of fused-ring (bicyclic) bond motifs is 1. The van der Waals surface area contributed by atoms with E-state index in [0.717, 1.165) is 12.1 Å². The Morgan fingerprint density at radius 1 is 1.15 bits per heavy atom. The molecule has 0 aliphatic carbocycles. The zero-order chi connectivity index (χ0) is 24.3. The Morgan fingerprint density at radius 3 is 2.52 bits per heavy atom. The summed E-state index contributed by atoms with van der Waals surface area (Å²) >= 11 is 0. The van der Waals surface area contributed by atoms with E-state index in [1.165, 1.54) is 11.0 Å². The monoisotopic (exact) mass is 460 g/mol. The molecule has 1 aliphatic rings. The van der Waals surface area contributed by atoms with Gasteiger partial charge in [-0.15, -0.1) is 0 Å². The van der Waals surface area contributed by atoms with Crippen LogP contribution in [0.2, 0.25) is 0 Å². The number of esters is 1. The number of amides is 2. The predicted molar refractivity (Wildman–Crippen MR) is 115 cm³/mol. The Kier molecular flexibility index (Phi) is 7.00. The number of primary amides is 1. The highest BCUT2D eigenvalue weighted by atomic mass is 19.2. The first-order valence-corrected chi connectivity index (χ1v) is 10.5. The summed E-state index contributed by atoms with van der Waals surface area (Å²) in [6.45, 7) is 5.22. The van der Waals surface area contributed by atoms with Gasteiger partial charge in [0.15, 0.2) is 11.6 Å². The van der Waals surface area contributed by atoms with Crippen LogP contribution in [0.4, 0.5) is 8.78 Å². The van der Waals surface area contributed by atoms with Crippen molar-refractivity contribution in [2.45, 2.75) is 58.4 Å². The first-order valence-electron chi connectivity index (χ1n) is 10.5. The lowest BCUT2D eigenvalue weighted by Crippen LogP contribution is -2.45. The van der Waals surface area contributed by atoms with Crippen LogP contribution < -0.4 is 10.5 Å². The normalized spacial score (nSPS) is 14.1. The molecule has 1 heterocycles. The number of hydrogen-bond acceptors (Lipinski definition) is 5. The number of ether oxygens (including phenoxy) is 2. The Labute approximate surface area is 190 Å². The van der Waals surface area contributed by atoms with Crippen molar-refractivity contribution >= 4 is 17.8 Å². The van der Waals surface area contributed by atoms with E-state index < -0.39 is 41.1 Å². The molecular formula is C24H26F2N2O5. The second-order valence-electron chi connectivity index (χ2n) is 8.80. The largest absolute Gasteiger partial charge is 0.489 e. The maximum atomic E-state index is 13.5. The van der Waals surface area contributed by atoms with Crippen molar-refractivity contribution < 1.29 is 32.6 Å². The van der Waals surface area contributed by atoms with Crippen molar-refractivity contribution in [1.29, 1.82) is 0 Å². The lowest BCUT2D eigenvalue weighted by atomic mass is 10.1. The van der Waals surface area contributed by atoms with Crippen molar-refractivity contribution in [3.05, 3.63) is 64.7 Å². The van der Waals surface area contributed by atoms with Gasteiger partial charge in [-0.3, -0.25) is 14.4 Å². The van der Waals surface area contributed by atoms with Crippen molar-refractivity contribution in [2.24, 2.45) is 5.73 Å². The van der Waals surface area contributed by atoms with Gasteiger partial charge in [0.25, 0.3) is 5.91 Å². The predicted octanol–water partition coefficient (Wildman–Crippen LogP) is 3.48. The molecule has 9 heteroatoms. The summed E-state index contributed by atoms with van der Waals surface area (Å²) in [7, 11) is 0. The molecule has 1 atom stereocenters. The average Bonchev–Trinajstić information content (AvgIpc) is 3.04. The van der Waals surface area contributed by atoms with Gasteiger partial charge in [-0.1, -0.05) is 12.1 Å². The molecule has 0 fully saturated rings. The molecule has 176 valence electrons. The number of halogens is 2. The molecule has 2 aromatic rings. The molecule has 1 aliphatic heterocycles. The van der Waals surface area contributed by atoms with Crippen LogP contribution in [0, 0.1) is 11.6 Å². The fourth-order valence-corrected chi connectivity index (χ4v) is 3.60. The van der Waals surface area contributed by atoms with Crippen LogP contribution in [0.25, 0.3) is 0 Å². The molecule has 0 spiro atoms. The van der Waals surface area contributed by atoms with Crippen LogP contribution in [0.1, 0.15) is 55.1 Å². The standard InChI is InChI=1S/C24H26F2N2O5/c1-24(2,3)33-21(29)10-9-19(22(27)30)28-12-16-15(23(28)31)5-4-6-20(16)32-13-14-7-8-17(25)18(26)11-14/h4-8,11,19H,9-10,12-13H2,1-3H3,(H2,27,30). The highest BCUT2D eigenvalue weighted by Crippen LogP contribution is 2.33. The minimum absolute atomic E-state index is 0.0228. The summed E-state index contributed by atoms with van der Waals surface area (Å²) in [5, 5.41) is 0. The van der Waals surface area contributed by atoms with Gasteiger partial charge in [-0.25, -0.2) is 8.78 Å². The third-order valence-corrected chi connectivity index (χ3v) is 5.08. The summed E-state index contributed by atoms with van der Waals surface area (Å²) < 4.78 is 37.6. The molecule has 3 rings (SSSR count). The first-order chi connectivity index (χ1) is 15.5. The molecule has 0 saturated heterocycles. The Bertz CT molecular complexity index is 1080. The van der Waals surface area contributed by atoms with E-state index in [-0.39, 0.29) is 26.0 Å². The number of carbonyl (C=O) groups is 3. The van der Waals surface area contributed by atoms with Crippen LogP contribution in [0.5, 0.6) is 5.75 Å². The zero-order valence-corrected chi connectivity index (χ0v) is 18.7. The van der Waals surface area contributed by atoms with Gasteiger partial charge >= 0.3 is 5.97 Å². The second kappa shape index (κ2) is 9.56. The molecular weight excluding hydrogens is 434 g/mol. The summed E-state index contributed by atoms with van der Waals surface area (Å²) in [6.07, 6.45) is -0.0560. The molecule has 7 nitrogen and oxygen atoms in total. The van der Waals surface area contributed by atoms with E-state index in [2.05, 4.69) is 0 Å². The fourth-order valence-electron chi connectivity index (χ4n) is 3.60. The smallest absolute Gasteiger partial charge is 0.306 e. The van der Waals surface area contributed by atoms with E-state index in [0.29, 0.717) is 22.4 Å². The molecule has 1 unspecified atom stereocenters. The molecule has 0 radical (unpaired) electrons. The molecule has 0 aromatic heterocycles. The highest BCUT2D eigenvalue weighted by Gasteiger charge is 2.37. The number of hydrogen-bond donors (Lipinski definition) is 1. The fraction of sp³-hybridized carbons (Fsp3) is 0.375. The average molecular weight is 460 g/mol. The number of benzene rings is 2. The third-order valence-electron chi connectivity index (χ3n) is 5.08. The number of nitrogens with two attached hydrogens (primary N) is 1. The van der Waals surface area contributed by atoms with Crippen molar-refractivity contribution in [2.75, 3.05) is 0 Å². The molecule has 2 N–H and O–H groups in total. The van der Waals surface area contributed by atoms with Gasteiger partial charge in [0, 0.05) is 17.5 Å².